The monoisotopic (exact) mass is 375 g/mol. The number of amides is 1. The lowest BCUT2D eigenvalue weighted by molar-refractivity contribution is 0.0106. The number of aryl methyl sites for hydroxylation is 1. The summed E-state index contributed by atoms with van der Waals surface area (Å²) in [6.45, 7) is 3.66. The molecular weight excluding hydrogens is 352 g/mol. The van der Waals surface area contributed by atoms with Crippen LogP contribution in [0.4, 0.5) is 14.5 Å². The van der Waals surface area contributed by atoms with E-state index in [4.69, 9.17) is 0 Å². The van der Waals surface area contributed by atoms with Gasteiger partial charge < -0.3 is 10.4 Å². The molecule has 1 aromatic carbocycles. The molecule has 27 heavy (non-hydrogen) atoms. The van der Waals surface area contributed by atoms with Gasteiger partial charge in [0.05, 0.1) is 11.2 Å². The summed E-state index contributed by atoms with van der Waals surface area (Å²) in [7, 11) is 1.51. The van der Waals surface area contributed by atoms with E-state index in [1.54, 1.807) is 6.07 Å². The van der Waals surface area contributed by atoms with Gasteiger partial charge >= 0.3 is 0 Å². The summed E-state index contributed by atoms with van der Waals surface area (Å²) < 4.78 is 27.6. The van der Waals surface area contributed by atoms with E-state index in [9.17, 15) is 18.7 Å². The van der Waals surface area contributed by atoms with Crippen LogP contribution in [0.15, 0.2) is 24.4 Å². The minimum absolute atomic E-state index is 0.0977. The lowest BCUT2D eigenvalue weighted by Crippen LogP contribution is -2.32. The molecule has 7 heteroatoms. The summed E-state index contributed by atoms with van der Waals surface area (Å²) in [5.41, 5.74) is 1.38. The van der Waals surface area contributed by atoms with Crippen molar-refractivity contribution >= 4 is 11.6 Å². The Bertz CT molecular complexity index is 901. The number of aromatic nitrogens is 2. The molecule has 2 aliphatic rings. The number of nitrogens with zero attached hydrogens (tertiary/aromatic N) is 2. The van der Waals surface area contributed by atoms with E-state index >= 15 is 0 Å². The molecule has 2 bridgehead atoms. The number of alkyl halides is 2. The maximum absolute atomic E-state index is 13.2. The van der Waals surface area contributed by atoms with Crippen LogP contribution in [0.1, 0.15) is 72.1 Å². The zero-order valence-electron chi connectivity index (χ0n) is 15.5. The molecule has 144 valence electrons. The van der Waals surface area contributed by atoms with Crippen molar-refractivity contribution in [3.05, 3.63) is 46.8 Å². The van der Waals surface area contributed by atoms with Crippen molar-refractivity contribution in [1.82, 2.24) is 9.78 Å². The summed E-state index contributed by atoms with van der Waals surface area (Å²) in [4.78, 5) is 12.7. The number of fused-ring (bicyclic) bond motifs is 5. The number of carbonyl (C=O) groups excluding carboxylic acids is 1. The lowest BCUT2D eigenvalue weighted by Gasteiger charge is -2.30. The first-order chi connectivity index (χ1) is 12.7. The fourth-order valence-corrected chi connectivity index (χ4v) is 5.12. The Labute approximate surface area is 156 Å². The highest BCUT2D eigenvalue weighted by molar-refractivity contribution is 6.05. The van der Waals surface area contributed by atoms with Gasteiger partial charge in [-0.15, -0.1) is 0 Å². The molecule has 2 N–H and O–H groups in total. The van der Waals surface area contributed by atoms with Crippen LogP contribution in [0.3, 0.4) is 0 Å². The number of rotatable bonds is 4. The van der Waals surface area contributed by atoms with Crippen molar-refractivity contribution < 1.29 is 18.7 Å². The largest absolute Gasteiger partial charge is 0.390 e. The summed E-state index contributed by atoms with van der Waals surface area (Å²) in [5, 5.41) is 17.2. The number of benzene rings is 1. The molecule has 5 nitrogen and oxygen atoms in total. The molecule has 1 aromatic heterocycles. The maximum atomic E-state index is 13.2. The molecule has 1 saturated carbocycles. The van der Waals surface area contributed by atoms with Gasteiger partial charge in [-0.05, 0) is 55.7 Å². The van der Waals surface area contributed by atoms with Crippen molar-refractivity contribution in [1.29, 1.82) is 0 Å². The molecule has 2 aliphatic carbocycles. The van der Waals surface area contributed by atoms with Crippen LogP contribution in [0.2, 0.25) is 0 Å². The second-order valence-electron chi connectivity index (χ2n) is 8.13. The average molecular weight is 375 g/mol. The zero-order chi connectivity index (χ0) is 19.5. The number of hydrogen-bond acceptors (Lipinski definition) is 3. The van der Waals surface area contributed by atoms with Crippen LogP contribution in [-0.2, 0) is 7.05 Å². The molecule has 0 unspecified atom stereocenters. The molecule has 1 fully saturated rings. The van der Waals surface area contributed by atoms with Gasteiger partial charge in [-0.2, -0.15) is 5.10 Å². The third-order valence-electron chi connectivity index (χ3n) is 5.94. The Kier molecular flexibility index (Phi) is 4.10. The number of nitrogens with one attached hydrogen (secondary N) is 1. The molecular formula is C20H23F2N3O2. The third kappa shape index (κ3) is 2.84. The van der Waals surface area contributed by atoms with Gasteiger partial charge in [0, 0.05) is 24.8 Å². The minimum Gasteiger partial charge on any atom is -0.390 e. The van der Waals surface area contributed by atoms with Crippen LogP contribution in [0.5, 0.6) is 0 Å². The summed E-state index contributed by atoms with van der Waals surface area (Å²) >= 11 is 0. The average Bonchev–Trinajstić information content (AvgIpc) is 3.26. The van der Waals surface area contributed by atoms with Gasteiger partial charge in [0.2, 0.25) is 0 Å². The van der Waals surface area contributed by atoms with Gasteiger partial charge in [-0.3, -0.25) is 9.48 Å². The molecule has 0 spiro atoms. The van der Waals surface area contributed by atoms with Gasteiger partial charge in [0.1, 0.15) is 5.69 Å². The number of hydrogen-bond donors (Lipinski definition) is 2. The van der Waals surface area contributed by atoms with Crippen LogP contribution in [0.25, 0.3) is 0 Å². The standard InChI is InChI=1S/C20H23F2N3O2/c1-20(2,27)16-11-7-8-12(16)15-10(11)5-4-6-14(15)23-19(26)13-9-25(3)24-17(13)18(21)22/h4-6,9,11-12,16,18,27H,7-8H2,1-3H3,(H,23,26)/t11-,12+,16+/m0/s1. The van der Waals surface area contributed by atoms with E-state index in [-0.39, 0.29) is 23.3 Å². The summed E-state index contributed by atoms with van der Waals surface area (Å²) in [6.07, 6.45) is 0.464. The number of halogens is 2. The topological polar surface area (TPSA) is 67.2 Å². The SMILES string of the molecule is Cn1cc(C(=O)Nc2cccc3c2[C@H]2CC[C@@H]3[C@H]2C(C)(C)O)c(C(F)F)n1. The van der Waals surface area contributed by atoms with Crippen molar-refractivity contribution in [2.45, 2.75) is 50.6 Å². The second kappa shape index (κ2) is 6.12. The van der Waals surface area contributed by atoms with Crippen molar-refractivity contribution in [2.75, 3.05) is 5.32 Å². The molecule has 1 amide bonds. The Balaban J connectivity index is 1.68. The Morgan fingerprint density at radius 2 is 2.04 bits per heavy atom. The minimum atomic E-state index is -2.82. The zero-order valence-corrected chi connectivity index (χ0v) is 15.5. The predicted octanol–water partition coefficient (Wildman–Crippen LogP) is 3.97. The highest BCUT2D eigenvalue weighted by atomic mass is 19.3. The van der Waals surface area contributed by atoms with E-state index < -0.39 is 23.6 Å². The Morgan fingerprint density at radius 3 is 2.70 bits per heavy atom. The van der Waals surface area contributed by atoms with E-state index in [0.29, 0.717) is 5.69 Å². The van der Waals surface area contributed by atoms with Crippen LogP contribution >= 0.6 is 0 Å². The van der Waals surface area contributed by atoms with Gasteiger partial charge in [0.25, 0.3) is 12.3 Å². The molecule has 2 aromatic rings. The molecule has 0 aliphatic heterocycles. The maximum Gasteiger partial charge on any atom is 0.282 e. The number of anilines is 1. The van der Waals surface area contributed by atoms with E-state index in [2.05, 4.69) is 10.4 Å². The fraction of sp³-hybridized carbons (Fsp3) is 0.500. The van der Waals surface area contributed by atoms with E-state index in [1.165, 1.54) is 17.9 Å². The van der Waals surface area contributed by atoms with Crippen molar-refractivity contribution in [3.63, 3.8) is 0 Å². The first-order valence-corrected chi connectivity index (χ1v) is 9.16. The number of aliphatic hydroxyl groups is 1. The summed E-state index contributed by atoms with van der Waals surface area (Å²) in [6, 6.07) is 5.72. The Morgan fingerprint density at radius 1 is 1.33 bits per heavy atom. The molecule has 1 heterocycles. The highest BCUT2D eigenvalue weighted by Crippen LogP contribution is 2.62. The third-order valence-corrected chi connectivity index (χ3v) is 5.94. The first kappa shape index (κ1) is 18.1. The molecule has 0 saturated heterocycles. The fourth-order valence-electron chi connectivity index (χ4n) is 5.12. The van der Waals surface area contributed by atoms with Gasteiger partial charge in [-0.25, -0.2) is 8.78 Å². The van der Waals surface area contributed by atoms with Crippen molar-refractivity contribution in [2.24, 2.45) is 13.0 Å². The lowest BCUT2D eigenvalue weighted by atomic mass is 9.81. The van der Waals surface area contributed by atoms with Gasteiger partial charge in [0.15, 0.2) is 0 Å². The van der Waals surface area contributed by atoms with E-state index in [1.807, 2.05) is 26.0 Å². The van der Waals surface area contributed by atoms with Crippen LogP contribution < -0.4 is 5.32 Å². The second-order valence-corrected chi connectivity index (χ2v) is 8.13. The normalized spacial score (nSPS) is 23.7. The summed E-state index contributed by atoms with van der Waals surface area (Å²) in [5.74, 6) is -0.0724. The van der Waals surface area contributed by atoms with Crippen LogP contribution in [0, 0.1) is 5.92 Å². The molecule has 4 rings (SSSR count). The van der Waals surface area contributed by atoms with Gasteiger partial charge in [-0.1, -0.05) is 12.1 Å². The predicted molar refractivity (Wildman–Crippen MR) is 97.1 cm³/mol. The highest BCUT2D eigenvalue weighted by Gasteiger charge is 2.52. The number of carbonyl (C=O) groups is 1. The first-order valence-electron chi connectivity index (χ1n) is 9.16. The molecule has 3 atom stereocenters. The smallest absolute Gasteiger partial charge is 0.282 e. The molecule has 0 radical (unpaired) electrons. The van der Waals surface area contributed by atoms with E-state index in [0.717, 1.165) is 24.0 Å². The quantitative estimate of drug-likeness (QED) is 0.850. The van der Waals surface area contributed by atoms with Crippen molar-refractivity contribution in [3.8, 4) is 0 Å². The van der Waals surface area contributed by atoms with Crippen LogP contribution in [-0.4, -0.2) is 26.4 Å². The Hall–Kier alpha value is -2.28.